The second-order valence-corrected chi connectivity index (χ2v) is 9.73. The molecule has 0 atom stereocenters. The van der Waals surface area contributed by atoms with Gasteiger partial charge in [0, 0.05) is 27.6 Å². The van der Waals surface area contributed by atoms with E-state index >= 15 is 0 Å². The number of halogens is 2. The SMILES string of the molecule is Oc1c(Cc2cc(Cl)cc(C3CCCCC3)c2O)cc(Cl)cc1C1CCCCC1. The molecule has 2 nitrogen and oxygen atoms in total. The molecule has 4 heteroatoms. The second kappa shape index (κ2) is 9.18. The summed E-state index contributed by atoms with van der Waals surface area (Å²) in [6.07, 6.45) is 12.2. The second-order valence-electron chi connectivity index (χ2n) is 8.85. The van der Waals surface area contributed by atoms with Crippen LogP contribution in [0.1, 0.15) is 98.3 Å². The van der Waals surface area contributed by atoms with Crippen LogP contribution in [-0.4, -0.2) is 10.2 Å². The van der Waals surface area contributed by atoms with Crippen molar-refractivity contribution in [2.24, 2.45) is 0 Å². The molecule has 2 fully saturated rings. The molecular formula is C25H30Cl2O2. The Morgan fingerprint density at radius 3 is 1.38 bits per heavy atom. The van der Waals surface area contributed by atoms with E-state index in [0.717, 1.165) is 47.9 Å². The monoisotopic (exact) mass is 432 g/mol. The van der Waals surface area contributed by atoms with E-state index < -0.39 is 0 Å². The first-order valence-electron chi connectivity index (χ1n) is 11.1. The van der Waals surface area contributed by atoms with Crippen LogP contribution in [0.5, 0.6) is 11.5 Å². The van der Waals surface area contributed by atoms with Crippen LogP contribution in [0.4, 0.5) is 0 Å². The molecule has 0 unspecified atom stereocenters. The summed E-state index contributed by atoms with van der Waals surface area (Å²) in [4.78, 5) is 0. The van der Waals surface area contributed by atoms with E-state index in [2.05, 4.69) is 0 Å². The van der Waals surface area contributed by atoms with Gasteiger partial charge in [0.1, 0.15) is 11.5 Å². The number of phenols is 2. The fourth-order valence-electron chi connectivity index (χ4n) is 5.28. The first kappa shape index (κ1) is 20.9. The summed E-state index contributed by atoms with van der Waals surface area (Å²) >= 11 is 12.9. The van der Waals surface area contributed by atoms with Crippen LogP contribution in [0.15, 0.2) is 24.3 Å². The van der Waals surface area contributed by atoms with Gasteiger partial charge in [-0.1, -0.05) is 61.7 Å². The summed E-state index contributed by atoms with van der Waals surface area (Å²) in [6, 6.07) is 7.48. The zero-order chi connectivity index (χ0) is 20.4. The number of phenolic OH excluding ortho intramolecular Hbond substituents is 2. The minimum atomic E-state index is 0.333. The van der Waals surface area contributed by atoms with Gasteiger partial charge in [-0.05, 0) is 72.9 Å². The molecule has 0 amide bonds. The molecule has 29 heavy (non-hydrogen) atoms. The van der Waals surface area contributed by atoms with Crippen molar-refractivity contribution in [3.8, 4) is 11.5 Å². The molecule has 0 radical (unpaired) electrons. The molecular weight excluding hydrogens is 403 g/mol. The Labute approximate surface area is 183 Å². The smallest absolute Gasteiger partial charge is 0.122 e. The molecule has 0 heterocycles. The molecule has 2 aromatic rings. The average Bonchev–Trinajstić information content (AvgIpc) is 2.74. The molecule has 4 rings (SSSR count). The third-order valence-electron chi connectivity index (χ3n) is 6.84. The molecule has 2 aromatic carbocycles. The lowest BCUT2D eigenvalue weighted by Crippen LogP contribution is -2.07. The zero-order valence-corrected chi connectivity index (χ0v) is 18.4. The van der Waals surface area contributed by atoms with Crippen molar-refractivity contribution >= 4 is 23.2 Å². The summed E-state index contributed by atoms with van der Waals surface area (Å²) < 4.78 is 0. The number of benzene rings is 2. The van der Waals surface area contributed by atoms with Gasteiger partial charge in [0.05, 0.1) is 0 Å². The Bertz CT molecular complexity index is 794. The average molecular weight is 433 g/mol. The van der Waals surface area contributed by atoms with Gasteiger partial charge in [-0.2, -0.15) is 0 Å². The molecule has 2 N–H and O–H groups in total. The highest BCUT2D eigenvalue weighted by Gasteiger charge is 2.24. The molecule has 156 valence electrons. The van der Waals surface area contributed by atoms with E-state index in [1.54, 1.807) is 0 Å². The number of rotatable bonds is 4. The predicted molar refractivity (Wildman–Crippen MR) is 121 cm³/mol. The molecule has 0 aromatic heterocycles. The number of aromatic hydroxyl groups is 2. The van der Waals surface area contributed by atoms with Crippen LogP contribution >= 0.6 is 23.2 Å². The van der Waals surface area contributed by atoms with E-state index in [9.17, 15) is 10.2 Å². The van der Waals surface area contributed by atoms with Crippen molar-refractivity contribution in [1.29, 1.82) is 0 Å². The largest absolute Gasteiger partial charge is 0.507 e. The van der Waals surface area contributed by atoms with E-state index in [1.807, 2.05) is 24.3 Å². The third kappa shape index (κ3) is 4.70. The minimum Gasteiger partial charge on any atom is -0.507 e. The van der Waals surface area contributed by atoms with Crippen LogP contribution in [0.3, 0.4) is 0 Å². The minimum absolute atomic E-state index is 0.333. The van der Waals surface area contributed by atoms with Gasteiger partial charge >= 0.3 is 0 Å². The molecule has 2 aliphatic carbocycles. The number of hydrogen-bond acceptors (Lipinski definition) is 2. The fourth-order valence-corrected chi connectivity index (χ4v) is 5.78. The third-order valence-corrected chi connectivity index (χ3v) is 7.27. The molecule has 0 aliphatic heterocycles. The number of hydrogen-bond donors (Lipinski definition) is 2. The first-order chi connectivity index (χ1) is 14.0. The van der Waals surface area contributed by atoms with Gasteiger partial charge in [0.25, 0.3) is 0 Å². The summed E-state index contributed by atoms with van der Waals surface area (Å²) in [5, 5.41) is 23.4. The van der Waals surface area contributed by atoms with Crippen molar-refractivity contribution in [3.63, 3.8) is 0 Å². The van der Waals surface area contributed by atoms with Crippen molar-refractivity contribution < 1.29 is 10.2 Å². The van der Waals surface area contributed by atoms with Gasteiger partial charge in [-0.3, -0.25) is 0 Å². The highest BCUT2D eigenvalue weighted by Crippen LogP contribution is 2.43. The first-order valence-corrected chi connectivity index (χ1v) is 11.8. The Balaban J connectivity index is 1.67. The normalized spacial score (nSPS) is 18.8. The van der Waals surface area contributed by atoms with Gasteiger partial charge < -0.3 is 10.2 Å². The van der Waals surface area contributed by atoms with Crippen molar-refractivity contribution in [1.82, 2.24) is 0 Å². The highest BCUT2D eigenvalue weighted by atomic mass is 35.5. The maximum atomic E-state index is 11.0. The van der Waals surface area contributed by atoms with E-state index in [-0.39, 0.29) is 0 Å². The molecule has 0 spiro atoms. The van der Waals surface area contributed by atoms with Gasteiger partial charge in [-0.25, -0.2) is 0 Å². The Morgan fingerprint density at radius 2 is 1.00 bits per heavy atom. The van der Waals surface area contributed by atoms with Crippen molar-refractivity contribution in [3.05, 3.63) is 56.6 Å². The summed E-state index contributed by atoms with van der Waals surface area (Å²) in [6.45, 7) is 0. The standard InChI is InChI=1S/C25H30Cl2O2/c26-20-12-18(24(28)22(14-20)16-7-3-1-4-8-16)11-19-13-21(27)15-23(25(19)29)17-9-5-2-6-10-17/h12-17,28-29H,1-11H2. The molecule has 2 aliphatic rings. The van der Waals surface area contributed by atoms with Crippen molar-refractivity contribution in [2.75, 3.05) is 0 Å². The Kier molecular flexibility index (Phi) is 6.61. The van der Waals surface area contributed by atoms with Gasteiger partial charge in [0.15, 0.2) is 0 Å². The van der Waals surface area contributed by atoms with Crippen LogP contribution in [-0.2, 0) is 6.42 Å². The Morgan fingerprint density at radius 1 is 0.621 bits per heavy atom. The lowest BCUT2D eigenvalue weighted by Gasteiger charge is -2.25. The highest BCUT2D eigenvalue weighted by molar-refractivity contribution is 6.31. The fraction of sp³-hybridized carbons (Fsp3) is 0.520. The summed E-state index contributed by atoms with van der Waals surface area (Å²) in [5.74, 6) is 1.40. The topological polar surface area (TPSA) is 40.5 Å². The maximum Gasteiger partial charge on any atom is 0.122 e. The van der Waals surface area contributed by atoms with E-state index in [0.29, 0.717) is 39.8 Å². The Hall–Kier alpha value is -1.38. The quantitative estimate of drug-likeness (QED) is 0.512. The molecule has 0 bridgehead atoms. The van der Waals surface area contributed by atoms with Gasteiger partial charge in [-0.15, -0.1) is 0 Å². The van der Waals surface area contributed by atoms with Gasteiger partial charge in [0.2, 0.25) is 0 Å². The van der Waals surface area contributed by atoms with E-state index in [1.165, 1.54) is 38.5 Å². The lowest BCUT2D eigenvalue weighted by atomic mass is 9.81. The van der Waals surface area contributed by atoms with Crippen molar-refractivity contribution in [2.45, 2.75) is 82.5 Å². The van der Waals surface area contributed by atoms with Crippen LogP contribution in [0, 0.1) is 0 Å². The summed E-state index contributed by atoms with van der Waals surface area (Å²) in [5.41, 5.74) is 3.46. The molecule has 0 saturated heterocycles. The zero-order valence-electron chi connectivity index (χ0n) is 16.9. The van der Waals surface area contributed by atoms with Crippen LogP contribution in [0.2, 0.25) is 10.0 Å². The maximum absolute atomic E-state index is 11.0. The lowest BCUT2D eigenvalue weighted by molar-refractivity contribution is 0.409. The molecule has 2 saturated carbocycles. The summed E-state index contributed by atoms with van der Waals surface area (Å²) in [7, 11) is 0. The predicted octanol–water partition coefficient (Wildman–Crippen LogP) is 8.09. The van der Waals surface area contributed by atoms with E-state index in [4.69, 9.17) is 23.2 Å². The van der Waals surface area contributed by atoms with Crippen LogP contribution in [0.25, 0.3) is 0 Å². The van der Waals surface area contributed by atoms with Crippen LogP contribution < -0.4 is 0 Å².